The van der Waals surface area contributed by atoms with Crippen molar-refractivity contribution >= 4 is 15.7 Å². The molecule has 27 heavy (non-hydrogen) atoms. The van der Waals surface area contributed by atoms with E-state index in [1.54, 1.807) is 60.9 Å². The molecule has 0 aliphatic carbocycles. The van der Waals surface area contributed by atoms with E-state index in [1.807, 2.05) is 6.07 Å². The maximum atomic E-state index is 13.2. The summed E-state index contributed by atoms with van der Waals surface area (Å²) in [6, 6.07) is 17.9. The molecule has 1 N–H and O–H groups in total. The molecule has 2 aromatic carbocycles. The van der Waals surface area contributed by atoms with E-state index >= 15 is 0 Å². The van der Waals surface area contributed by atoms with Gasteiger partial charge in [0.15, 0.2) is 0 Å². The third kappa shape index (κ3) is 3.17. The Kier molecular flexibility index (Phi) is 4.37. The summed E-state index contributed by atoms with van der Waals surface area (Å²) in [5, 5.41) is 14.7. The summed E-state index contributed by atoms with van der Waals surface area (Å²) < 4.78 is 27.6. The van der Waals surface area contributed by atoms with Gasteiger partial charge in [0.25, 0.3) is 10.0 Å². The molecular formula is C20H17N3O3S. The van der Waals surface area contributed by atoms with Crippen molar-refractivity contribution in [2.24, 2.45) is 5.10 Å². The Balaban J connectivity index is 1.83. The molecule has 0 spiro atoms. The van der Waals surface area contributed by atoms with E-state index in [0.29, 0.717) is 17.7 Å². The molecule has 0 radical (unpaired) electrons. The number of benzene rings is 2. The van der Waals surface area contributed by atoms with Crippen LogP contribution in [0.5, 0.6) is 5.75 Å². The van der Waals surface area contributed by atoms with Crippen LogP contribution in [0.15, 0.2) is 89.1 Å². The summed E-state index contributed by atoms with van der Waals surface area (Å²) in [6.07, 6.45) is 3.65. The number of hydrogen-bond donors (Lipinski definition) is 1. The number of para-hydroxylation sites is 1. The molecule has 1 aliphatic heterocycles. The van der Waals surface area contributed by atoms with Gasteiger partial charge < -0.3 is 5.11 Å². The number of hydrazone groups is 1. The highest BCUT2D eigenvalue weighted by atomic mass is 32.2. The van der Waals surface area contributed by atoms with E-state index < -0.39 is 16.1 Å². The van der Waals surface area contributed by atoms with Crippen LogP contribution in [0.2, 0.25) is 0 Å². The van der Waals surface area contributed by atoms with E-state index in [4.69, 9.17) is 0 Å². The van der Waals surface area contributed by atoms with Crippen molar-refractivity contribution in [3.8, 4) is 5.75 Å². The van der Waals surface area contributed by atoms with Crippen LogP contribution in [0.4, 0.5) is 0 Å². The second-order valence-electron chi connectivity index (χ2n) is 6.16. The Morgan fingerprint density at radius 1 is 0.963 bits per heavy atom. The average Bonchev–Trinajstić information content (AvgIpc) is 3.16. The number of rotatable bonds is 4. The van der Waals surface area contributed by atoms with Crippen molar-refractivity contribution in [1.29, 1.82) is 0 Å². The molecule has 0 unspecified atom stereocenters. The highest BCUT2D eigenvalue weighted by Crippen LogP contribution is 2.40. The van der Waals surface area contributed by atoms with Crippen molar-refractivity contribution in [1.82, 2.24) is 9.40 Å². The maximum absolute atomic E-state index is 13.2. The maximum Gasteiger partial charge on any atom is 0.279 e. The highest BCUT2D eigenvalue weighted by Gasteiger charge is 2.38. The topological polar surface area (TPSA) is 82.9 Å². The van der Waals surface area contributed by atoms with Gasteiger partial charge in [-0.15, -0.1) is 0 Å². The lowest BCUT2D eigenvalue weighted by Gasteiger charge is -2.24. The number of pyridine rings is 1. The van der Waals surface area contributed by atoms with Gasteiger partial charge in [0.1, 0.15) is 5.75 Å². The van der Waals surface area contributed by atoms with E-state index in [2.05, 4.69) is 10.1 Å². The number of nitrogens with zero attached hydrogens (tertiary/aromatic N) is 3. The zero-order chi connectivity index (χ0) is 18.9. The lowest BCUT2D eigenvalue weighted by molar-refractivity contribution is 0.358. The van der Waals surface area contributed by atoms with Crippen molar-refractivity contribution in [3.05, 3.63) is 90.3 Å². The van der Waals surface area contributed by atoms with E-state index in [0.717, 1.165) is 9.98 Å². The summed E-state index contributed by atoms with van der Waals surface area (Å²) >= 11 is 0. The summed E-state index contributed by atoms with van der Waals surface area (Å²) in [5.41, 5.74) is 1.87. The number of phenols is 1. The molecule has 136 valence electrons. The lowest BCUT2D eigenvalue weighted by atomic mass is 9.99. The van der Waals surface area contributed by atoms with Crippen LogP contribution >= 0.6 is 0 Å². The first-order valence-electron chi connectivity index (χ1n) is 8.42. The first-order valence-corrected chi connectivity index (χ1v) is 9.86. The SMILES string of the molecule is O=S(=O)(c1ccccc1)N1N=C(c2cccnc2)C[C@H]1c1ccccc1O. The van der Waals surface area contributed by atoms with Crippen molar-refractivity contribution < 1.29 is 13.5 Å². The predicted molar refractivity (Wildman–Crippen MR) is 102 cm³/mol. The van der Waals surface area contributed by atoms with Crippen LogP contribution in [0.3, 0.4) is 0 Å². The fourth-order valence-corrected chi connectivity index (χ4v) is 4.57. The van der Waals surface area contributed by atoms with Gasteiger partial charge in [-0.1, -0.05) is 42.5 Å². The molecule has 7 heteroatoms. The number of aromatic nitrogens is 1. The quantitative estimate of drug-likeness (QED) is 0.754. The van der Waals surface area contributed by atoms with Crippen LogP contribution in [0, 0.1) is 0 Å². The Bertz CT molecular complexity index is 1080. The highest BCUT2D eigenvalue weighted by molar-refractivity contribution is 7.89. The minimum Gasteiger partial charge on any atom is -0.508 e. The smallest absolute Gasteiger partial charge is 0.279 e. The molecule has 0 bridgehead atoms. The van der Waals surface area contributed by atoms with Gasteiger partial charge in [0.2, 0.25) is 0 Å². The van der Waals surface area contributed by atoms with Gasteiger partial charge >= 0.3 is 0 Å². The number of aromatic hydroxyl groups is 1. The van der Waals surface area contributed by atoms with Gasteiger partial charge in [-0.05, 0) is 24.3 Å². The zero-order valence-corrected chi connectivity index (χ0v) is 15.1. The predicted octanol–water partition coefficient (Wildman–Crippen LogP) is 3.33. The van der Waals surface area contributed by atoms with Crippen molar-refractivity contribution in [3.63, 3.8) is 0 Å². The van der Waals surface area contributed by atoms with Crippen LogP contribution in [0.1, 0.15) is 23.6 Å². The molecule has 0 saturated carbocycles. The molecule has 3 aromatic rings. The van der Waals surface area contributed by atoms with Crippen LogP contribution in [-0.4, -0.2) is 28.6 Å². The molecule has 4 rings (SSSR count). The van der Waals surface area contributed by atoms with E-state index in [1.165, 1.54) is 12.1 Å². The Hall–Kier alpha value is -3.19. The molecule has 0 fully saturated rings. The first-order chi connectivity index (χ1) is 13.1. The molecule has 1 aromatic heterocycles. The number of sulfonamides is 1. The summed E-state index contributed by atoms with van der Waals surface area (Å²) in [7, 11) is -3.88. The Morgan fingerprint density at radius 3 is 2.41 bits per heavy atom. The Morgan fingerprint density at radius 2 is 1.70 bits per heavy atom. The standard InChI is InChI=1S/C20H17N3O3S/c24-20-11-5-4-10-17(20)19-13-18(15-7-6-12-21-14-15)22-23(19)27(25,26)16-8-2-1-3-9-16/h1-12,14,19,24H,13H2/t19-/m0/s1. The third-order valence-electron chi connectivity index (χ3n) is 4.45. The molecule has 2 heterocycles. The molecule has 0 saturated heterocycles. The molecule has 0 amide bonds. The lowest BCUT2D eigenvalue weighted by Crippen LogP contribution is -2.27. The second kappa shape index (κ2) is 6.85. The van der Waals surface area contributed by atoms with Crippen molar-refractivity contribution in [2.45, 2.75) is 17.4 Å². The minimum absolute atomic E-state index is 0.0402. The summed E-state index contributed by atoms with van der Waals surface area (Å²) in [6.45, 7) is 0. The fraction of sp³-hybridized carbons (Fsp3) is 0.100. The van der Waals surface area contributed by atoms with Gasteiger partial charge in [0, 0.05) is 29.9 Å². The van der Waals surface area contributed by atoms with Gasteiger partial charge in [-0.2, -0.15) is 17.9 Å². The largest absolute Gasteiger partial charge is 0.508 e. The van der Waals surface area contributed by atoms with Gasteiger partial charge in [-0.25, -0.2) is 0 Å². The molecule has 1 atom stereocenters. The molecular weight excluding hydrogens is 362 g/mol. The summed E-state index contributed by atoms with van der Waals surface area (Å²) in [5.74, 6) is 0.0402. The average molecular weight is 379 g/mol. The Labute approximate surface area is 157 Å². The van der Waals surface area contributed by atoms with Crippen LogP contribution < -0.4 is 0 Å². The van der Waals surface area contributed by atoms with E-state index in [9.17, 15) is 13.5 Å². The molecule has 1 aliphatic rings. The number of hydrogen-bond acceptors (Lipinski definition) is 5. The van der Waals surface area contributed by atoms with E-state index in [-0.39, 0.29) is 10.6 Å². The monoisotopic (exact) mass is 379 g/mol. The van der Waals surface area contributed by atoms with Crippen molar-refractivity contribution in [2.75, 3.05) is 0 Å². The molecule has 6 nitrogen and oxygen atoms in total. The zero-order valence-electron chi connectivity index (χ0n) is 14.3. The van der Waals surface area contributed by atoms with Crippen LogP contribution in [-0.2, 0) is 10.0 Å². The minimum atomic E-state index is -3.88. The third-order valence-corrected chi connectivity index (χ3v) is 6.15. The first kappa shape index (κ1) is 17.2. The number of phenolic OH excluding ortho intramolecular Hbond substituents is 1. The van der Waals surface area contributed by atoms with Gasteiger partial charge in [-0.3, -0.25) is 4.98 Å². The normalized spacial score (nSPS) is 17.0. The van der Waals surface area contributed by atoms with Gasteiger partial charge in [0.05, 0.1) is 16.6 Å². The second-order valence-corrected chi connectivity index (χ2v) is 7.95. The van der Waals surface area contributed by atoms with Crippen LogP contribution in [0.25, 0.3) is 0 Å². The fourth-order valence-electron chi connectivity index (χ4n) is 3.12. The summed E-state index contributed by atoms with van der Waals surface area (Å²) in [4.78, 5) is 4.25.